The first-order valence-electron chi connectivity index (χ1n) is 9.20. The number of aryl methyl sites for hydroxylation is 1. The van der Waals surface area contributed by atoms with Gasteiger partial charge in [-0.05, 0) is 47.9 Å². The number of carbonyl (C=O) groups is 1. The Hall–Kier alpha value is -3.54. The Balaban J connectivity index is 1.43. The third-order valence-electron chi connectivity index (χ3n) is 4.58. The number of aromatic nitrogens is 1. The van der Waals surface area contributed by atoms with Crippen LogP contribution in [0.25, 0.3) is 0 Å². The van der Waals surface area contributed by atoms with Crippen molar-refractivity contribution in [3.8, 4) is 11.5 Å². The highest BCUT2D eigenvalue weighted by Crippen LogP contribution is 2.32. The first-order valence-corrected chi connectivity index (χ1v) is 9.20. The van der Waals surface area contributed by atoms with Gasteiger partial charge in [-0.1, -0.05) is 31.2 Å². The number of benzene rings is 2. The first-order chi connectivity index (χ1) is 13.7. The van der Waals surface area contributed by atoms with Crippen molar-refractivity contribution in [3.05, 3.63) is 77.5 Å². The van der Waals surface area contributed by atoms with E-state index < -0.39 is 0 Å². The second-order valence-corrected chi connectivity index (χ2v) is 6.44. The van der Waals surface area contributed by atoms with Crippen LogP contribution in [0.15, 0.2) is 60.8 Å². The molecule has 2 heterocycles. The Morgan fingerprint density at radius 2 is 1.93 bits per heavy atom. The number of rotatable bonds is 6. The number of para-hydroxylation sites is 1. The van der Waals surface area contributed by atoms with E-state index >= 15 is 0 Å². The van der Waals surface area contributed by atoms with Crippen LogP contribution in [0.4, 0.5) is 11.5 Å². The molecule has 0 radical (unpaired) electrons. The number of nitrogens with one attached hydrogen (secondary N) is 2. The highest BCUT2D eigenvalue weighted by Gasteiger charge is 2.13. The van der Waals surface area contributed by atoms with Crippen LogP contribution in [0.1, 0.15) is 28.4 Å². The molecule has 28 heavy (non-hydrogen) atoms. The third kappa shape index (κ3) is 3.91. The van der Waals surface area contributed by atoms with Crippen LogP contribution in [0, 0.1) is 0 Å². The molecule has 6 heteroatoms. The summed E-state index contributed by atoms with van der Waals surface area (Å²) in [4.78, 5) is 16.9. The minimum absolute atomic E-state index is 0.158. The summed E-state index contributed by atoms with van der Waals surface area (Å²) in [5.41, 5.74) is 3.53. The normalized spacial score (nSPS) is 11.9. The van der Waals surface area contributed by atoms with Crippen LogP contribution in [0.2, 0.25) is 0 Å². The van der Waals surface area contributed by atoms with Crippen LogP contribution < -0.4 is 20.1 Å². The van der Waals surface area contributed by atoms with Gasteiger partial charge in [-0.2, -0.15) is 0 Å². The number of ether oxygens (including phenoxy) is 2. The van der Waals surface area contributed by atoms with Crippen LogP contribution >= 0.6 is 0 Å². The van der Waals surface area contributed by atoms with E-state index in [-0.39, 0.29) is 12.7 Å². The maximum absolute atomic E-state index is 12.6. The Labute approximate surface area is 163 Å². The van der Waals surface area contributed by atoms with Gasteiger partial charge >= 0.3 is 0 Å². The molecule has 142 valence electrons. The van der Waals surface area contributed by atoms with Gasteiger partial charge in [-0.15, -0.1) is 0 Å². The number of anilines is 2. The number of hydrogen-bond acceptors (Lipinski definition) is 5. The number of pyridine rings is 1. The number of amides is 1. The number of fused-ring (bicyclic) bond motifs is 1. The molecule has 0 saturated carbocycles. The highest BCUT2D eigenvalue weighted by molar-refractivity contribution is 6.05. The van der Waals surface area contributed by atoms with E-state index in [1.54, 1.807) is 18.3 Å². The molecule has 6 nitrogen and oxygen atoms in total. The zero-order valence-electron chi connectivity index (χ0n) is 15.6. The molecule has 0 fully saturated rings. The molecule has 0 bridgehead atoms. The molecule has 0 unspecified atom stereocenters. The molecule has 1 aliphatic heterocycles. The minimum atomic E-state index is -0.158. The molecule has 3 aromatic rings. The first kappa shape index (κ1) is 17.9. The quantitative estimate of drug-likeness (QED) is 0.674. The molecule has 4 rings (SSSR count). The van der Waals surface area contributed by atoms with Gasteiger partial charge in [0.05, 0.1) is 0 Å². The number of hydrogen-bond donors (Lipinski definition) is 2. The Morgan fingerprint density at radius 1 is 1.07 bits per heavy atom. The van der Waals surface area contributed by atoms with Gasteiger partial charge in [0.25, 0.3) is 5.91 Å². The van der Waals surface area contributed by atoms with E-state index in [0.29, 0.717) is 17.9 Å². The third-order valence-corrected chi connectivity index (χ3v) is 4.58. The van der Waals surface area contributed by atoms with E-state index in [1.165, 1.54) is 0 Å². The summed E-state index contributed by atoms with van der Waals surface area (Å²) in [6, 6.07) is 17.1. The zero-order valence-corrected chi connectivity index (χ0v) is 15.6. The van der Waals surface area contributed by atoms with Crippen molar-refractivity contribution in [2.45, 2.75) is 19.9 Å². The van der Waals surface area contributed by atoms with E-state index in [4.69, 9.17) is 9.47 Å². The van der Waals surface area contributed by atoms with Gasteiger partial charge in [0.1, 0.15) is 5.82 Å². The van der Waals surface area contributed by atoms with Crippen molar-refractivity contribution in [3.63, 3.8) is 0 Å². The summed E-state index contributed by atoms with van der Waals surface area (Å²) < 4.78 is 10.7. The van der Waals surface area contributed by atoms with Crippen molar-refractivity contribution >= 4 is 17.4 Å². The molecule has 0 spiro atoms. The lowest BCUT2D eigenvalue weighted by molar-refractivity contribution is 0.102. The van der Waals surface area contributed by atoms with Gasteiger partial charge in [-0.3, -0.25) is 4.79 Å². The van der Waals surface area contributed by atoms with Crippen molar-refractivity contribution in [2.24, 2.45) is 0 Å². The summed E-state index contributed by atoms with van der Waals surface area (Å²) in [7, 11) is 0. The van der Waals surface area contributed by atoms with Crippen LogP contribution in [-0.4, -0.2) is 17.7 Å². The lowest BCUT2D eigenvalue weighted by Gasteiger charge is -2.11. The van der Waals surface area contributed by atoms with Crippen molar-refractivity contribution in [2.75, 3.05) is 17.4 Å². The fourth-order valence-electron chi connectivity index (χ4n) is 3.06. The second kappa shape index (κ2) is 8.00. The number of carbonyl (C=O) groups excluding carboxylic acids is 1. The summed E-state index contributed by atoms with van der Waals surface area (Å²) >= 11 is 0. The molecular formula is C22H21N3O3. The fourth-order valence-corrected chi connectivity index (χ4v) is 3.06. The molecule has 0 atom stereocenters. The summed E-state index contributed by atoms with van der Waals surface area (Å²) in [5, 5.41) is 6.23. The van der Waals surface area contributed by atoms with E-state index in [9.17, 15) is 4.79 Å². The maximum Gasteiger partial charge on any atom is 0.255 e. The predicted molar refractivity (Wildman–Crippen MR) is 108 cm³/mol. The molecule has 0 aliphatic carbocycles. The second-order valence-electron chi connectivity index (χ2n) is 6.44. The summed E-state index contributed by atoms with van der Waals surface area (Å²) in [6.07, 6.45) is 2.48. The molecule has 1 amide bonds. The van der Waals surface area contributed by atoms with Crippen LogP contribution in [-0.2, 0) is 13.0 Å². The average molecular weight is 375 g/mol. The molecule has 0 saturated heterocycles. The van der Waals surface area contributed by atoms with E-state index in [0.717, 1.165) is 34.7 Å². The van der Waals surface area contributed by atoms with Gasteiger partial charge < -0.3 is 20.1 Å². The summed E-state index contributed by atoms with van der Waals surface area (Å²) in [5.74, 6) is 1.98. The number of nitrogens with zero attached hydrogens (tertiary/aromatic N) is 1. The van der Waals surface area contributed by atoms with Crippen molar-refractivity contribution in [1.29, 1.82) is 0 Å². The van der Waals surface area contributed by atoms with Gasteiger partial charge in [0.2, 0.25) is 6.79 Å². The molecule has 1 aromatic heterocycles. The van der Waals surface area contributed by atoms with Crippen molar-refractivity contribution in [1.82, 2.24) is 4.98 Å². The average Bonchev–Trinajstić information content (AvgIpc) is 3.21. The molecule has 2 N–H and O–H groups in total. The lowest BCUT2D eigenvalue weighted by atomic mass is 10.1. The Bertz CT molecular complexity index is 1000. The molecule has 1 aliphatic rings. The smallest absolute Gasteiger partial charge is 0.255 e. The van der Waals surface area contributed by atoms with E-state index in [1.807, 2.05) is 42.5 Å². The van der Waals surface area contributed by atoms with Crippen molar-refractivity contribution < 1.29 is 14.3 Å². The standard InChI is InChI=1S/C22H21N3O3/c1-2-16-5-3-4-6-18(16)25-22(26)17-9-10-23-21(12-17)24-13-15-7-8-19-20(11-15)28-14-27-19/h3-12H,2,13-14H2,1H3,(H,23,24)(H,25,26). The van der Waals surface area contributed by atoms with Crippen LogP contribution in [0.5, 0.6) is 11.5 Å². The molecular weight excluding hydrogens is 354 g/mol. The SMILES string of the molecule is CCc1ccccc1NC(=O)c1ccnc(NCc2ccc3c(c2)OCO3)c1. The monoisotopic (exact) mass is 375 g/mol. The minimum Gasteiger partial charge on any atom is -0.454 e. The maximum atomic E-state index is 12.6. The van der Waals surface area contributed by atoms with Gasteiger partial charge in [0.15, 0.2) is 11.5 Å². The predicted octanol–water partition coefficient (Wildman–Crippen LogP) is 4.24. The zero-order chi connectivity index (χ0) is 19.3. The Morgan fingerprint density at radius 3 is 2.82 bits per heavy atom. The fraction of sp³-hybridized carbons (Fsp3) is 0.182. The topological polar surface area (TPSA) is 72.5 Å². The van der Waals surface area contributed by atoms with Gasteiger partial charge in [0, 0.05) is 24.0 Å². The summed E-state index contributed by atoms with van der Waals surface area (Å²) in [6.45, 7) is 2.88. The highest BCUT2D eigenvalue weighted by atomic mass is 16.7. The Kier molecular flexibility index (Phi) is 5.10. The van der Waals surface area contributed by atoms with Gasteiger partial charge in [-0.25, -0.2) is 4.98 Å². The molecule has 2 aromatic carbocycles. The largest absolute Gasteiger partial charge is 0.454 e. The van der Waals surface area contributed by atoms with Crippen LogP contribution in [0.3, 0.4) is 0 Å². The lowest BCUT2D eigenvalue weighted by Crippen LogP contribution is -2.14. The van der Waals surface area contributed by atoms with E-state index in [2.05, 4.69) is 22.5 Å².